The number of aliphatic hydroxyl groups is 1. The molecule has 1 aromatic carbocycles. The second kappa shape index (κ2) is 6.79. The van der Waals surface area contributed by atoms with E-state index in [4.69, 9.17) is 9.88 Å². The molecular weight excluding hydrogens is 406 g/mol. The van der Waals surface area contributed by atoms with Crippen molar-refractivity contribution >= 4 is 21.6 Å². The van der Waals surface area contributed by atoms with E-state index in [0.29, 0.717) is 6.54 Å². The second-order valence-electron chi connectivity index (χ2n) is 8.51. The summed E-state index contributed by atoms with van der Waals surface area (Å²) in [6.07, 6.45) is 7.30. The van der Waals surface area contributed by atoms with E-state index < -0.39 is 21.5 Å². The highest BCUT2D eigenvalue weighted by Gasteiger charge is 2.39. The van der Waals surface area contributed by atoms with E-state index in [-0.39, 0.29) is 17.4 Å². The molecule has 2 amide bonds. The van der Waals surface area contributed by atoms with Crippen molar-refractivity contribution in [3.8, 4) is 5.88 Å². The number of nitrogens with two attached hydrogens (primary N) is 1. The van der Waals surface area contributed by atoms with Gasteiger partial charge < -0.3 is 15.2 Å². The summed E-state index contributed by atoms with van der Waals surface area (Å²) in [6.45, 7) is 1.77. The molecule has 0 saturated carbocycles. The van der Waals surface area contributed by atoms with Gasteiger partial charge in [-0.2, -0.15) is 5.10 Å². The fraction of sp³-hybridized carbons (Fsp3) is 0.500. The molecule has 2 atom stereocenters. The van der Waals surface area contributed by atoms with Crippen LogP contribution in [0, 0.1) is 0 Å². The topological polar surface area (TPSA) is 132 Å². The number of nitrogens with one attached hydrogen (secondary N) is 1. The van der Waals surface area contributed by atoms with E-state index in [1.807, 2.05) is 0 Å². The molecule has 0 spiro atoms. The van der Waals surface area contributed by atoms with Crippen LogP contribution in [0.4, 0.5) is 10.5 Å². The van der Waals surface area contributed by atoms with Gasteiger partial charge in [0.15, 0.2) is 15.5 Å². The minimum absolute atomic E-state index is 0.0540. The standard InChI is InChI=1S/C20H25N5O4S/c1-20(11-26)10-25-18(29-20)16(9-22-25)30(21,28)24-19(27)23-17-14-6-2-4-12(14)8-13-5-3-7-15(13)17/h8-9,26H,2-7,10-11H2,1H3,(H3,21,23,24,27,28)/t20-,30+/m1/s1. The van der Waals surface area contributed by atoms with Crippen LogP contribution in [0.1, 0.15) is 42.0 Å². The molecule has 0 unspecified atom stereocenters. The predicted molar refractivity (Wildman–Crippen MR) is 111 cm³/mol. The Morgan fingerprint density at radius 2 is 2.00 bits per heavy atom. The van der Waals surface area contributed by atoms with E-state index in [1.54, 1.807) is 6.92 Å². The molecule has 10 heteroatoms. The maximum Gasteiger partial charge on any atom is 0.354 e. The molecule has 2 heterocycles. The lowest BCUT2D eigenvalue weighted by Crippen LogP contribution is -2.35. The smallest absolute Gasteiger partial charge is 0.354 e. The monoisotopic (exact) mass is 431 g/mol. The van der Waals surface area contributed by atoms with Gasteiger partial charge in [-0.15, -0.1) is 4.36 Å². The Morgan fingerprint density at radius 1 is 1.33 bits per heavy atom. The van der Waals surface area contributed by atoms with Gasteiger partial charge in [-0.25, -0.2) is 18.8 Å². The number of anilines is 1. The molecule has 160 valence electrons. The summed E-state index contributed by atoms with van der Waals surface area (Å²) in [5.41, 5.74) is 4.84. The molecule has 3 aliphatic rings. The summed E-state index contributed by atoms with van der Waals surface area (Å²) in [6, 6.07) is 1.54. The number of fused-ring (bicyclic) bond motifs is 3. The van der Waals surface area contributed by atoms with Crippen molar-refractivity contribution in [2.45, 2.75) is 62.5 Å². The number of rotatable bonds is 3. The van der Waals surface area contributed by atoms with E-state index >= 15 is 0 Å². The molecule has 0 bridgehead atoms. The fourth-order valence-corrected chi connectivity index (χ4v) is 5.69. The maximum atomic E-state index is 13.1. The molecule has 2 aliphatic carbocycles. The largest absolute Gasteiger partial charge is 0.466 e. The average Bonchev–Trinajstić information content (AvgIpc) is 3.43. The van der Waals surface area contributed by atoms with Gasteiger partial charge in [-0.3, -0.25) is 0 Å². The van der Waals surface area contributed by atoms with Crippen LogP contribution < -0.4 is 15.2 Å². The Balaban J connectivity index is 1.47. The number of amides is 2. The molecule has 1 aliphatic heterocycles. The van der Waals surface area contributed by atoms with Crippen molar-refractivity contribution in [3.05, 3.63) is 34.5 Å². The van der Waals surface area contributed by atoms with Crippen LogP contribution in [-0.2, 0) is 42.1 Å². The van der Waals surface area contributed by atoms with Gasteiger partial charge in [0.25, 0.3) is 0 Å². The first-order chi connectivity index (χ1) is 14.3. The van der Waals surface area contributed by atoms with Crippen molar-refractivity contribution in [3.63, 3.8) is 0 Å². The number of carbonyl (C=O) groups excluding carboxylic acids is 1. The third-order valence-corrected chi connectivity index (χ3v) is 7.51. The Labute approximate surface area is 174 Å². The summed E-state index contributed by atoms with van der Waals surface area (Å²) < 4.78 is 24.1. The van der Waals surface area contributed by atoms with E-state index in [1.165, 1.54) is 22.0 Å². The number of ether oxygens (including phenoxy) is 1. The number of urea groups is 1. The Morgan fingerprint density at radius 3 is 2.63 bits per heavy atom. The normalized spacial score (nSPS) is 23.3. The molecule has 0 saturated heterocycles. The number of carbonyl (C=O) groups is 1. The van der Waals surface area contributed by atoms with Gasteiger partial charge in [0.2, 0.25) is 5.88 Å². The van der Waals surface area contributed by atoms with Gasteiger partial charge in [0.1, 0.15) is 4.90 Å². The number of hydrogen-bond acceptors (Lipinski definition) is 5. The predicted octanol–water partition coefficient (Wildman–Crippen LogP) is 1.94. The highest BCUT2D eigenvalue weighted by Crippen LogP contribution is 2.39. The van der Waals surface area contributed by atoms with Crippen LogP contribution in [0.2, 0.25) is 0 Å². The van der Waals surface area contributed by atoms with Crippen LogP contribution >= 0.6 is 0 Å². The van der Waals surface area contributed by atoms with Crippen molar-refractivity contribution in [1.29, 1.82) is 0 Å². The van der Waals surface area contributed by atoms with E-state index in [0.717, 1.165) is 55.3 Å². The van der Waals surface area contributed by atoms with Crippen molar-refractivity contribution in [2.24, 2.45) is 9.50 Å². The number of benzene rings is 1. The molecule has 1 aromatic heterocycles. The first-order valence-electron chi connectivity index (χ1n) is 10.2. The molecule has 2 aromatic rings. The van der Waals surface area contributed by atoms with Gasteiger partial charge in [-0.05, 0) is 67.7 Å². The number of aryl methyl sites for hydroxylation is 2. The highest BCUT2D eigenvalue weighted by atomic mass is 32.2. The lowest BCUT2D eigenvalue weighted by atomic mass is 9.99. The summed E-state index contributed by atoms with van der Waals surface area (Å²) in [5, 5.41) is 22.5. The summed E-state index contributed by atoms with van der Waals surface area (Å²) in [4.78, 5) is 12.8. The quantitative estimate of drug-likeness (QED) is 0.683. The molecule has 0 radical (unpaired) electrons. The van der Waals surface area contributed by atoms with Crippen molar-refractivity contribution in [2.75, 3.05) is 11.9 Å². The van der Waals surface area contributed by atoms with E-state index in [9.17, 15) is 14.1 Å². The summed E-state index contributed by atoms with van der Waals surface area (Å²) in [7, 11) is -3.58. The molecule has 4 N–H and O–H groups in total. The number of nitrogens with zero attached hydrogens (tertiary/aromatic N) is 3. The summed E-state index contributed by atoms with van der Waals surface area (Å²) in [5.74, 6) is 0.178. The lowest BCUT2D eigenvalue weighted by Gasteiger charge is -2.19. The third-order valence-electron chi connectivity index (χ3n) is 6.16. The highest BCUT2D eigenvalue weighted by molar-refractivity contribution is 7.91. The second-order valence-corrected chi connectivity index (χ2v) is 10.3. The fourth-order valence-electron chi connectivity index (χ4n) is 4.71. The molecular formula is C20H25N5O4S. The van der Waals surface area contributed by atoms with Crippen LogP contribution in [0.3, 0.4) is 0 Å². The summed E-state index contributed by atoms with van der Waals surface area (Å²) >= 11 is 0. The lowest BCUT2D eigenvalue weighted by molar-refractivity contribution is 0.0399. The minimum Gasteiger partial charge on any atom is -0.466 e. The van der Waals surface area contributed by atoms with E-state index in [2.05, 4.69) is 20.8 Å². The molecule has 5 rings (SSSR count). The third kappa shape index (κ3) is 3.10. The molecule has 9 nitrogen and oxygen atoms in total. The first kappa shape index (κ1) is 19.5. The van der Waals surface area contributed by atoms with Gasteiger partial charge >= 0.3 is 6.03 Å². The van der Waals surface area contributed by atoms with Crippen LogP contribution in [-0.4, -0.2) is 37.3 Å². The van der Waals surface area contributed by atoms with Crippen molar-refractivity contribution < 1.29 is 18.8 Å². The Hall–Kier alpha value is -2.43. The zero-order chi connectivity index (χ0) is 21.1. The average molecular weight is 432 g/mol. The van der Waals surface area contributed by atoms with Crippen LogP contribution in [0.5, 0.6) is 5.88 Å². The van der Waals surface area contributed by atoms with Crippen LogP contribution in [0.15, 0.2) is 21.5 Å². The number of aromatic nitrogens is 2. The minimum atomic E-state index is -3.58. The maximum absolute atomic E-state index is 13.1. The molecule has 0 fully saturated rings. The number of hydrogen-bond donors (Lipinski definition) is 3. The zero-order valence-electron chi connectivity index (χ0n) is 16.8. The van der Waals surface area contributed by atoms with Gasteiger partial charge in [-0.1, -0.05) is 6.07 Å². The van der Waals surface area contributed by atoms with Gasteiger partial charge in [0, 0.05) is 5.69 Å². The van der Waals surface area contributed by atoms with Gasteiger partial charge in [0.05, 0.1) is 19.3 Å². The van der Waals surface area contributed by atoms with Crippen LogP contribution in [0.25, 0.3) is 0 Å². The number of aliphatic hydroxyl groups excluding tert-OH is 1. The van der Waals surface area contributed by atoms with Crippen molar-refractivity contribution in [1.82, 2.24) is 9.78 Å². The SMILES string of the molecule is C[C@]1(CO)Cn2ncc([S@@](N)(=O)=NC(=O)Nc3c4c(cc5c3CCC5)CCC4)c2O1. The molecule has 30 heavy (non-hydrogen) atoms. The Kier molecular flexibility index (Phi) is 4.42. The first-order valence-corrected chi connectivity index (χ1v) is 11.8. The Bertz CT molecular complexity index is 1150. The zero-order valence-corrected chi connectivity index (χ0v) is 17.6.